The fourth-order valence-corrected chi connectivity index (χ4v) is 2.71. The van der Waals surface area contributed by atoms with Gasteiger partial charge in [0.2, 0.25) is 11.8 Å². The lowest BCUT2D eigenvalue weighted by Crippen LogP contribution is -2.08. The molecule has 3 aromatic rings. The molecule has 1 amide bonds. The Hall–Kier alpha value is -3.92. The first kappa shape index (κ1) is 22.8. The standard InChI is InChI=1S/C22H19F3N4O3/c1-2-19(31)28-16-7-8-18(27-15-5-3-14(4-6-15)22(23,24)25)17(13-16)21-26-10-9-20(29-21)32-12-11-30/h2-10,13,27,30H,1,11-12H2,(H,28,31). The molecule has 3 rings (SSSR count). The van der Waals surface area contributed by atoms with Crippen molar-refractivity contribution in [3.8, 4) is 17.3 Å². The highest BCUT2D eigenvalue weighted by molar-refractivity contribution is 5.99. The van der Waals surface area contributed by atoms with Crippen LogP contribution in [0.5, 0.6) is 5.88 Å². The highest BCUT2D eigenvalue weighted by atomic mass is 19.4. The van der Waals surface area contributed by atoms with Crippen molar-refractivity contribution in [2.45, 2.75) is 6.18 Å². The number of aliphatic hydroxyl groups is 1. The van der Waals surface area contributed by atoms with Gasteiger partial charge in [0.05, 0.1) is 12.2 Å². The molecule has 2 aromatic carbocycles. The lowest BCUT2D eigenvalue weighted by atomic mass is 10.1. The van der Waals surface area contributed by atoms with E-state index in [9.17, 15) is 18.0 Å². The van der Waals surface area contributed by atoms with E-state index >= 15 is 0 Å². The highest BCUT2D eigenvalue weighted by Crippen LogP contribution is 2.34. The summed E-state index contributed by atoms with van der Waals surface area (Å²) in [6.45, 7) is 3.26. The second-order valence-electron chi connectivity index (χ2n) is 6.44. The molecule has 1 heterocycles. The Bertz CT molecular complexity index is 1100. The smallest absolute Gasteiger partial charge is 0.416 e. The van der Waals surface area contributed by atoms with Crippen LogP contribution in [0.4, 0.5) is 30.2 Å². The van der Waals surface area contributed by atoms with E-state index in [0.29, 0.717) is 22.6 Å². The number of rotatable bonds is 8. The maximum atomic E-state index is 12.8. The van der Waals surface area contributed by atoms with Gasteiger partial charge in [-0.05, 0) is 48.5 Å². The second kappa shape index (κ2) is 9.92. The quantitative estimate of drug-likeness (QED) is 0.446. The molecule has 0 fully saturated rings. The summed E-state index contributed by atoms with van der Waals surface area (Å²) in [6.07, 6.45) is -1.85. The van der Waals surface area contributed by atoms with Crippen LogP contribution < -0.4 is 15.4 Å². The number of hydrogen-bond donors (Lipinski definition) is 3. The van der Waals surface area contributed by atoms with Gasteiger partial charge in [-0.2, -0.15) is 18.2 Å². The summed E-state index contributed by atoms with van der Waals surface area (Å²) in [4.78, 5) is 20.2. The molecule has 0 saturated carbocycles. The van der Waals surface area contributed by atoms with Crippen molar-refractivity contribution in [1.29, 1.82) is 0 Å². The predicted molar refractivity (Wildman–Crippen MR) is 114 cm³/mol. The van der Waals surface area contributed by atoms with Crippen LogP contribution in [0.1, 0.15) is 5.56 Å². The predicted octanol–water partition coefficient (Wildman–Crippen LogP) is 4.40. The summed E-state index contributed by atoms with van der Waals surface area (Å²) in [6, 6.07) is 10.9. The number of amides is 1. The molecule has 3 N–H and O–H groups in total. The van der Waals surface area contributed by atoms with Gasteiger partial charge in [-0.15, -0.1) is 0 Å². The van der Waals surface area contributed by atoms with Crippen molar-refractivity contribution < 1.29 is 27.8 Å². The Morgan fingerprint density at radius 1 is 1.12 bits per heavy atom. The molecule has 0 spiro atoms. The number of nitrogens with zero attached hydrogens (tertiary/aromatic N) is 2. The molecule has 0 saturated heterocycles. The van der Waals surface area contributed by atoms with Crippen LogP contribution in [0.25, 0.3) is 11.4 Å². The number of nitrogens with one attached hydrogen (secondary N) is 2. The van der Waals surface area contributed by atoms with Gasteiger partial charge in [-0.25, -0.2) is 4.98 Å². The largest absolute Gasteiger partial charge is 0.475 e. The molecular formula is C22H19F3N4O3. The molecule has 32 heavy (non-hydrogen) atoms. The monoisotopic (exact) mass is 444 g/mol. The van der Waals surface area contributed by atoms with Crippen LogP contribution >= 0.6 is 0 Å². The number of aromatic nitrogens is 2. The topological polar surface area (TPSA) is 96.4 Å². The first-order valence-corrected chi connectivity index (χ1v) is 9.39. The van der Waals surface area contributed by atoms with Crippen LogP contribution in [0.2, 0.25) is 0 Å². The zero-order valence-electron chi connectivity index (χ0n) is 16.7. The fourth-order valence-electron chi connectivity index (χ4n) is 2.71. The lowest BCUT2D eigenvalue weighted by Gasteiger charge is -2.15. The van der Waals surface area contributed by atoms with Crippen molar-refractivity contribution in [1.82, 2.24) is 9.97 Å². The molecule has 10 heteroatoms. The molecule has 0 aliphatic heterocycles. The van der Waals surface area contributed by atoms with E-state index in [4.69, 9.17) is 9.84 Å². The normalized spacial score (nSPS) is 11.0. The molecule has 0 unspecified atom stereocenters. The Kier molecular flexibility index (Phi) is 7.06. The molecular weight excluding hydrogens is 425 g/mol. The number of halogens is 3. The van der Waals surface area contributed by atoms with Crippen LogP contribution in [0.15, 0.2) is 67.4 Å². The summed E-state index contributed by atoms with van der Waals surface area (Å²) >= 11 is 0. The van der Waals surface area contributed by atoms with Crippen LogP contribution in [-0.4, -0.2) is 34.2 Å². The number of anilines is 3. The first-order valence-electron chi connectivity index (χ1n) is 9.39. The number of carbonyl (C=O) groups excluding carboxylic acids is 1. The third kappa shape index (κ3) is 5.82. The molecule has 0 aliphatic carbocycles. The lowest BCUT2D eigenvalue weighted by molar-refractivity contribution is -0.137. The minimum Gasteiger partial charge on any atom is -0.475 e. The van der Waals surface area contributed by atoms with Crippen molar-refractivity contribution in [3.05, 3.63) is 72.9 Å². The minimum atomic E-state index is -4.43. The van der Waals surface area contributed by atoms with Crippen LogP contribution in [0, 0.1) is 0 Å². The van der Waals surface area contributed by atoms with Crippen molar-refractivity contribution in [2.24, 2.45) is 0 Å². The molecule has 0 radical (unpaired) electrons. The summed E-state index contributed by atoms with van der Waals surface area (Å²) in [5, 5.41) is 14.6. The zero-order valence-corrected chi connectivity index (χ0v) is 16.7. The Morgan fingerprint density at radius 3 is 2.50 bits per heavy atom. The summed E-state index contributed by atoms with van der Waals surface area (Å²) < 4.78 is 43.8. The maximum Gasteiger partial charge on any atom is 0.416 e. The summed E-state index contributed by atoms with van der Waals surface area (Å²) in [7, 11) is 0. The molecule has 1 aromatic heterocycles. The average molecular weight is 444 g/mol. The number of alkyl halides is 3. The summed E-state index contributed by atoms with van der Waals surface area (Å²) in [5.74, 6) is 0.0509. The number of carbonyl (C=O) groups is 1. The fraction of sp³-hybridized carbons (Fsp3) is 0.136. The van der Waals surface area contributed by atoms with Crippen molar-refractivity contribution >= 4 is 23.0 Å². The zero-order chi connectivity index (χ0) is 23.1. The number of aliphatic hydroxyl groups excluding tert-OH is 1. The third-order valence-corrected chi connectivity index (χ3v) is 4.18. The van der Waals surface area contributed by atoms with Gasteiger partial charge in [0.1, 0.15) is 6.61 Å². The Labute approximate surface area is 181 Å². The number of ether oxygens (including phenoxy) is 1. The van der Waals surface area contributed by atoms with Gasteiger partial charge < -0.3 is 20.5 Å². The third-order valence-electron chi connectivity index (χ3n) is 4.18. The van der Waals surface area contributed by atoms with E-state index in [2.05, 4.69) is 27.2 Å². The van der Waals surface area contributed by atoms with E-state index in [1.807, 2.05) is 0 Å². The maximum absolute atomic E-state index is 12.8. The van der Waals surface area contributed by atoms with Gasteiger partial charge >= 0.3 is 6.18 Å². The van der Waals surface area contributed by atoms with Crippen molar-refractivity contribution in [2.75, 3.05) is 23.8 Å². The highest BCUT2D eigenvalue weighted by Gasteiger charge is 2.30. The van der Waals surface area contributed by atoms with Crippen molar-refractivity contribution in [3.63, 3.8) is 0 Å². The SMILES string of the molecule is C=CC(=O)Nc1ccc(Nc2ccc(C(F)(F)F)cc2)c(-c2nccc(OCCO)n2)c1. The van der Waals surface area contributed by atoms with Crippen LogP contribution in [0.3, 0.4) is 0 Å². The van der Waals surface area contributed by atoms with E-state index in [0.717, 1.165) is 18.2 Å². The summed E-state index contributed by atoms with van der Waals surface area (Å²) in [5.41, 5.74) is 1.03. The average Bonchev–Trinajstić information content (AvgIpc) is 2.78. The Balaban J connectivity index is 1.98. The molecule has 7 nitrogen and oxygen atoms in total. The van der Waals surface area contributed by atoms with E-state index in [1.54, 1.807) is 18.2 Å². The molecule has 166 valence electrons. The second-order valence-corrected chi connectivity index (χ2v) is 6.44. The van der Waals surface area contributed by atoms with Gasteiger partial charge in [0.15, 0.2) is 5.82 Å². The van der Waals surface area contributed by atoms with Crippen LogP contribution in [-0.2, 0) is 11.0 Å². The van der Waals surface area contributed by atoms with Gasteiger partial charge in [-0.1, -0.05) is 6.58 Å². The Morgan fingerprint density at radius 2 is 1.84 bits per heavy atom. The van der Waals surface area contributed by atoms with E-state index in [1.165, 1.54) is 24.4 Å². The molecule has 0 bridgehead atoms. The first-order chi connectivity index (χ1) is 15.3. The minimum absolute atomic E-state index is 0.0442. The van der Waals surface area contributed by atoms with Gasteiger partial charge in [0, 0.05) is 34.9 Å². The van der Waals surface area contributed by atoms with Gasteiger partial charge in [0.25, 0.3) is 0 Å². The number of hydrogen-bond acceptors (Lipinski definition) is 6. The molecule has 0 aliphatic rings. The number of benzene rings is 2. The van der Waals surface area contributed by atoms with E-state index in [-0.39, 0.29) is 24.9 Å². The molecule has 0 atom stereocenters. The van der Waals surface area contributed by atoms with Gasteiger partial charge in [-0.3, -0.25) is 4.79 Å². The van der Waals surface area contributed by atoms with E-state index < -0.39 is 17.6 Å².